The summed E-state index contributed by atoms with van der Waals surface area (Å²) in [5.74, 6) is -0.713. The zero-order valence-electron chi connectivity index (χ0n) is 22.3. The molecule has 4 rings (SSSR count). The summed E-state index contributed by atoms with van der Waals surface area (Å²) in [6.45, 7) is 4.28. The Bertz CT molecular complexity index is 1410. The second kappa shape index (κ2) is 11.3. The highest BCUT2D eigenvalue weighted by molar-refractivity contribution is 6.37. The quantitative estimate of drug-likeness (QED) is 0.338. The van der Waals surface area contributed by atoms with Crippen molar-refractivity contribution in [3.8, 4) is 0 Å². The molecule has 0 saturated carbocycles. The first-order valence-corrected chi connectivity index (χ1v) is 12.4. The Morgan fingerprint density at radius 1 is 0.947 bits per heavy atom. The summed E-state index contributed by atoms with van der Waals surface area (Å²) in [5, 5.41) is 6.34. The van der Waals surface area contributed by atoms with Crippen LogP contribution in [0.15, 0.2) is 66.7 Å². The van der Waals surface area contributed by atoms with Crippen LogP contribution in [-0.4, -0.2) is 57.0 Å². The lowest BCUT2D eigenvalue weighted by Crippen LogP contribution is -2.35. The van der Waals surface area contributed by atoms with E-state index in [1.807, 2.05) is 74.4 Å². The number of nitrogens with zero attached hydrogens (tertiary/aromatic N) is 2. The first kappa shape index (κ1) is 26.6. The molecule has 0 radical (unpaired) electrons. The molecule has 1 aliphatic rings. The van der Waals surface area contributed by atoms with Gasteiger partial charge in [0.1, 0.15) is 0 Å². The van der Waals surface area contributed by atoms with E-state index in [1.165, 1.54) is 0 Å². The molecule has 0 atom stereocenters. The standard InChI is InChI=1S/C30H32N4O4/c1-6-38-30(37)21-12-14-23-24(17-21)32-29(36)27(23)28(20-10-8-7-9-11-20)31-22-13-15-25(19(2)16-22)34(5)26(35)18-33(3)4/h7-17,31H,6,18H2,1-5H3,(H,32,36). The molecule has 3 aromatic rings. The van der Waals surface area contributed by atoms with Gasteiger partial charge in [-0.25, -0.2) is 4.79 Å². The van der Waals surface area contributed by atoms with Gasteiger partial charge in [0.25, 0.3) is 5.91 Å². The van der Waals surface area contributed by atoms with Gasteiger partial charge in [-0.15, -0.1) is 0 Å². The molecule has 8 nitrogen and oxygen atoms in total. The molecule has 0 saturated heterocycles. The Morgan fingerprint density at radius 2 is 1.68 bits per heavy atom. The minimum Gasteiger partial charge on any atom is -0.462 e. The van der Waals surface area contributed by atoms with Gasteiger partial charge in [0.2, 0.25) is 5.91 Å². The van der Waals surface area contributed by atoms with Crippen LogP contribution in [0.2, 0.25) is 0 Å². The van der Waals surface area contributed by atoms with Crippen LogP contribution < -0.4 is 15.5 Å². The molecule has 0 spiro atoms. The number of rotatable bonds is 8. The predicted molar refractivity (Wildman–Crippen MR) is 151 cm³/mol. The van der Waals surface area contributed by atoms with Crippen molar-refractivity contribution in [1.29, 1.82) is 0 Å². The van der Waals surface area contributed by atoms with Gasteiger partial charge in [-0.3, -0.25) is 9.59 Å². The number of amides is 2. The van der Waals surface area contributed by atoms with Gasteiger partial charge < -0.3 is 25.2 Å². The topological polar surface area (TPSA) is 91.0 Å². The third-order valence-corrected chi connectivity index (χ3v) is 6.24. The third-order valence-electron chi connectivity index (χ3n) is 6.24. The number of likely N-dealkylation sites (N-methyl/N-ethyl adjacent to an activating group) is 2. The molecule has 2 amide bonds. The van der Waals surface area contributed by atoms with E-state index >= 15 is 0 Å². The number of carbonyl (C=O) groups is 3. The molecule has 0 aromatic heterocycles. The van der Waals surface area contributed by atoms with Crippen LogP contribution in [0.1, 0.15) is 34.0 Å². The summed E-state index contributed by atoms with van der Waals surface area (Å²) in [6.07, 6.45) is 0. The number of hydrogen-bond acceptors (Lipinski definition) is 6. The van der Waals surface area contributed by atoms with Crippen molar-refractivity contribution < 1.29 is 19.1 Å². The number of fused-ring (bicyclic) bond motifs is 1. The summed E-state index contributed by atoms with van der Waals surface area (Å²) >= 11 is 0. The molecule has 196 valence electrons. The lowest BCUT2D eigenvalue weighted by Gasteiger charge is -2.22. The van der Waals surface area contributed by atoms with Crippen molar-refractivity contribution in [2.45, 2.75) is 13.8 Å². The highest BCUT2D eigenvalue weighted by Crippen LogP contribution is 2.38. The number of anilines is 3. The SMILES string of the molecule is CCOC(=O)c1ccc2c(c1)NC(=O)C2=C(Nc1ccc(N(C)C(=O)CN(C)C)c(C)c1)c1ccccc1. The zero-order valence-corrected chi connectivity index (χ0v) is 22.3. The van der Waals surface area contributed by atoms with Gasteiger partial charge in [0.15, 0.2) is 0 Å². The van der Waals surface area contributed by atoms with Gasteiger partial charge in [-0.2, -0.15) is 0 Å². The lowest BCUT2D eigenvalue weighted by atomic mass is 9.99. The maximum atomic E-state index is 13.2. The van der Waals surface area contributed by atoms with Crippen LogP contribution >= 0.6 is 0 Å². The Kier molecular flexibility index (Phi) is 7.93. The number of aryl methyl sites for hydroxylation is 1. The van der Waals surface area contributed by atoms with E-state index in [1.54, 1.807) is 37.1 Å². The fourth-order valence-electron chi connectivity index (χ4n) is 4.41. The van der Waals surface area contributed by atoms with E-state index in [4.69, 9.17) is 4.74 Å². The van der Waals surface area contributed by atoms with Crippen LogP contribution in [-0.2, 0) is 14.3 Å². The summed E-state index contributed by atoms with van der Waals surface area (Å²) in [4.78, 5) is 41.5. The molecule has 0 fully saturated rings. The van der Waals surface area contributed by atoms with Crippen LogP contribution in [0.3, 0.4) is 0 Å². The summed E-state index contributed by atoms with van der Waals surface area (Å²) in [5.41, 5.74) is 6.06. The van der Waals surface area contributed by atoms with Crippen molar-refractivity contribution in [3.05, 3.63) is 89.0 Å². The zero-order chi connectivity index (χ0) is 27.4. The number of hydrogen-bond donors (Lipinski definition) is 2. The highest BCUT2D eigenvalue weighted by Gasteiger charge is 2.29. The molecule has 0 unspecified atom stereocenters. The molecule has 2 N–H and O–H groups in total. The highest BCUT2D eigenvalue weighted by atomic mass is 16.5. The molecular formula is C30H32N4O4. The average molecular weight is 513 g/mol. The molecule has 0 bridgehead atoms. The van der Waals surface area contributed by atoms with Gasteiger partial charge in [-0.05, 0) is 69.4 Å². The Labute approximate surface area is 222 Å². The maximum Gasteiger partial charge on any atom is 0.338 e. The fraction of sp³-hybridized carbons (Fsp3) is 0.233. The molecule has 1 aliphatic heterocycles. The van der Waals surface area contributed by atoms with Gasteiger partial charge >= 0.3 is 5.97 Å². The second-order valence-corrected chi connectivity index (χ2v) is 9.37. The lowest BCUT2D eigenvalue weighted by molar-refractivity contribution is -0.119. The molecule has 38 heavy (non-hydrogen) atoms. The molecule has 1 heterocycles. The Morgan fingerprint density at radius 3 is 2.34 bits per heavy atom. The number of carbonyl (C=O) groups excluding carboxylic acids is 3. The Balaban J connectivity index is 1.74. The molecule has 0 aliphatic carbocycles. The number of benzene rings is 3. The van der Waals surface area contributed by atoms with E-state index in [9.17, 15) is 14.4 Å². The maximum absolute atomic E-state index is 13.2. The molecule has 3 aromatic carbocycles. The van der Waals surface area contributed by atoms with Crippen molar-refractivity contribution in [3.63, 3.8) is 0 Å². The molecule has 8 heteroatoms. The van der Waals surface area contributed by atoms with E-state index in [0.717, 1.165) is 22.5 Å². The largest absolute Gasteiger partial charge is 0.462 e. The summed E-state index contributed by atoms with van der Waals surface area (Å²) < 4.78 is 5.11. The van der Waals surface area contributed by atoms with Crippen molar-refractivity contribution >= 4 is 46.1 Å². The third kappa shape index (κ3) is 5.60. The van der Waals surface area contributed by atoms with Gasteiger partial charge in [0, 0.05) is 24.0 Å². The predicted octanol–water partition coefficient (Wildman–Crippen LogP) is 4.63. The second-order valence-electron chi connectivity index (χ2n) is 9.37. The average Bonchev–Trinajstić information content (AvgIpc) is 3.21. The first-order valence-electron chi connectivity index (χ1n) is 12.4. The van der Waals surface area contributed by atoms with Crippen LogP contribution in [0.25, 0.3) is 11.3 Å². The summed E-state index contributed by atoms with van der Waals surface area (Å²) in [7, 11) is 5.49. The van der Waals surface area contributed by atoms with Crippen LogP contribution in [0.4, 0.5) is 17.1 Å². The van der Waals surface area contributed by atoms with E-state index < -0.39 is 5.97 Å². The minimum absolute atomic E-state index is 0.00711. The van der Waals surface area contributed by atoms with Crippen LogP contribution in [0.5, 0.6) is 0 Å². The van der Waals surface area contributed by atoms with Crippen LogP contribution in [0, 0.1) is 6.92 Å². The summed E-state index contributed by atoms with van der Waals surface area (Å²) in [6, 6.07) is 20.4. The van der Waals surface area contributed by atoms with Crippen molar-refractivity contribution in [2.75, 3.05) is 49.8 Å². The Hall–Kier alpha value is -4.43. The number of ether oxygens (including phenoxy) is 1. The van der Waals surface area contributed by atoms with E-state index in [-0.39, 0.29) is 18.4 Å². The van der Waals surface area contributed by atoms with Gasteiger partial charge in [-0.1, -0.05) is 36.4 Å². The monoisotopic (exact) mass is 512 g/mol. The number of esters is 1. The van der Waals surface area contributed by atoms with Crippen molar-refractivity contribution in [2.24, 2.45) is 0 Å². The normalized spacial score (nSPS) is 13.6. The minimum atomic E-state index is -0.437. The van der Waals surface area contributed by atoms with E-state index in [0.29, 0.717) is 34.6 Å². The fourth-order valence-corrected chi connectivity index (χ4v) is 4.41. The first-order chi connectivity index (χ1) is 18.2. The van der Waals surface area contributed by atoms with Crippen molar-refractivity contribution in [1.82, 2.24) is 4.90 Å². The van der Waals surface area contributed by atoms with Gasteiger partial charge in [0.05, 0.1) is 35.7 Å². The smallest absolute Gasteiger partial charge is 0.338 e. The van der Waals surface area contributed by atoms with E-state index in [2.05, 4.69) is 10.6 Å². The molecular weight excluding hydrogens is 480 g/mol. The number of nitrogens with one attached hydrogen (secondary N) is 2.